The average molecular weight is 81.1 g/mol. The van der Waals surface area contributed by atoms with Gasteiger partial charge in [-0.15, -0.1) is 0 Å². The van der Waals surface area contributed by atoms with Crippen LogP contribution >= 0.6 is 0 Å². The van der Waals surface area contributed by atoms with Gasteiger partial charge in [0.15, 0.2) is 0 Å². The molecule has 0 bridgehead atoms. The molecular formula is C5H7N. The molecule has 0 aromatic heterocycles. The maximum atomic E-state index is 6.66. The lowest BCUT2D eigenvalue weighted by Crippen LogP contribution is -1.66. The molecule has 32 valence electrons. The van der Waals surface area contributed by atoms with Crippen molar-refractivity contribution in [3.63, 3.8) is 0 Å². The third kappa shape index (κ3) is 0.361. The molecule has 1 fully saturated rings. The molecule has 1 heteroatoms. The van der Waals surface area contributed by atoms with Crippen molar-refractivity contribution in [2.75, 3.05) is 0 Å². The Balaban J connectivity index is 2.44. The molecule has 1 unspecified atom stereocenters. The van der Waals surface area contributed by atoms with Gasteiger partial charge in [-0.1, -0.05) is 12.2 Å². The Morgan fingerprint density at radius 2 is 2.50 bits per heavy atom. The molecule has 0 aromatic rings. The van der Waals surface area contributed by atoms with Gasteiger partial charge in [0.2, 0.25) is 0 Å². The molecule has 1 nitrogen and oxygen atoms in total. The van der Waals surface area contributed by atoms with Crippen molar-refractivity contribution in [3.05, 3.63) is 12.2 Å². The van der Waals surface area contributed by atoms with Gasteiger partial charge < -0.3 is 5.41 Å². The van der Waals surface area contributed by atoms with Crippen LogP contribution in [0.25, 0.3) is 0 Å². The Bertz CT molecular complexity index is 94.1. The standard InChI is InChI=1S/C5H7N/c1-4-2-5(4)3-6/h3,5-6H,1-2H2. The summed E-state index contributed by atoms with van der Waals surface area (Å²) >= 11 is 0. The SMILES string of the molecule is C=C1CC1C=N. The maximum absolute atomic E-state index is 6.66. The topological polar surface area (TPSA) is 23.9 Å². The van der Waals surface area contributed by atoms with Crippen LogP contribution < -0.4 is 0 Å². The third-order valence-electron chi connectivity index (χ3n) is 1.05. The molecule has 1 rings (SSSR count). The van der Waals surface area contributed by atoms with Crippen LogP contribution in [0.2, 0.25) is 0 Å². The quantitative estimate of drug-likeness (QED) is 0.362. The van der Waals surface area contributed by atoms with Crippen LogP contribution in [-0.2, 0) is 0 Å². The Hall–Kier alpha value is -0.590. The first-order chi connectivity index (χ1) is 2.84. The lowest BCUT2D eigenvalue weighted by atomic mass is 10.5. The van der Waals surface area contributed by atoms with Gasteiger partial charge in [0.25, 0.3) is 0 Å². The second-order valence-corrected chi connectivity index (χ2v) is 1.64. The monoisotopic (exact) mass is 81.1 g/mol. The lowest BCUT2D eigenvalue weighted by Gasteiger charge is -1.63. The van der Waals surface area contributed by atoms with Crippen LogP contribution in [-0.4, -0.2) is 6.21 Å². The summed E-state index contributed by atoms with van der Waals surface area (Å²) in [6.45, 7) is 3.67. The van der Waals surface area contributed by atoms with Crippen LogP contribution in [0.4, 0.5) is 0 Å². The minimum atomic E-state index is 0.449. The van der Waals surface area contributed by atoms with E-state index in [1.807, 2.05) is 0 Å². The fourth-order valence-corrected chi connectivity index (χ4v) is 0.400. The average Bonchev–Trinajstić information content (AvgIpc) is 2.19. The van der Waals surface area contributed by atoms with Gasteiger partial charge in [0.1, 0.15) is 0 Å². The summed E-state index contributed by atoms with van der Waals surface area (Å²) in [4.78, 5) is 0. The summed E-state index contributed by atoms with van der Waals surface area (Å²) < 4.78 is 0. The van der Waals surface area contributed by atoms with Crippen molar-refractivity contribution in [2.24, 2.45) is 5.92 Å². The normalized spacial score (nSPS) is 30.0. The van der Waals surface area contributed by atoms with Crippen LogP contribution in [0.5, 0.6) is 0 Å². The zero-order valence-corrected chi connectivity index (χ0v) is 3.57. The molecule has 1 N–H and O–H groups in total. The predicted molar refractivity (Wildman–Crippen MR) is 26.0 cm³/mol. The van der Waals surface area contributed by atoms with E-state index in [9.17, 15) is 0 Å². The van der Waals surface area contributed by atoms with E-state index in [1.165, 1.54) is 11.8 Å². The summed E-state index contributed by atoms with van der Waals surface area (Å²) in [6.07, 6.45) is 2.51. The highest BCUT2D eigenvalue weighted by molar-refractivity contribution is 5.68. The summed E-state index contributed by atoms with van der Waals surface area (Å²) in [6, 6.07) is 0. The molecule has 0 amide bonds. The number of hydrogen-bond acceptors (Lipinski definition) is 1. The number of allylic oxidation sites excluding steroid dienone is 1. The first-order valence-electron chi connectivity index (χ1n) is 2.03. The van der Waals surface area contributed by atoms with Crippen LogP contribution in [0.15, 0.2) is 12.2 Å². The predicted octanol–water partition coefficient (Wildman–Crippen LogP) is 1.21. The van der Waals surface area contributed by atoms with E-state index in [2.05, 4.69) is 6.58 Å². The Kier molecular flexibility index (Phi) is 0.560. The fraction of sp³-hybridized carbons (Fsp3) is 0.400. The molecule has 0 spiro atoms. The van der Waals surface area contributed by atoms with E-state index in [-0.39, 0.29) is 0 Å². The molecule has 1 atom stereocenters. The molecule has 0 radical (unpaired) electrons. The van der Waals surface area contributed by atoms with E-state index >= 15 is 0 Å². The Labute approximate surface area is 37.2 Å². The third-order valence-corrected chi connectivity index (χ3v) is 1.05. The zero-order valence-electron chi connectivity index (χ0n) is 3.57. The molecule has 1 aliphatic rings. The molecule has 0 aliphatic heterocycles. The highest BCUT2D eigenvalue weighted by Gasteiger charge is 2.23. The van der Waals surface area contributed by atoms with E-state index in [4.69, 9.17) is 5.41 Å². The van der Waals surface area contributed by atoms with Crippen molar-refractivity contribution < 1.29 is 0 Å². The number of hydrogen-bond donors (Lipinski definition) is 1. The van der Waals surface area contributed by atoms with Gasteiger partial charge in [0.05, 0.1) is 0 Å². The van der Waals surface area contributed by atoms with Crippen LogP contribution in [0.1, 0.15) is 6.42 Å². The van der Waals surface area contributed by atoms with E-state index in [1.54, 1.807) is 0 Å². The molecule has 0 aromatic carbocycles. The molecule has 6 heavy (non-hydrogen) atoms. The minimum absolute atomic E-state index is 0.449. The molecule has 0 heterocycles. The second-order valence-electron chi connectivity index (χ2n) is 1.64. The Morgan fingerprint density at radius 1 is 2.00 bits per heavy atom. The highest BCUT2D eigenvalue weighted by Crippen LogP contribution is 2.32. The molecule has 1 aliphatic carbocycles. The van der Waals surface area contributed by atoms with Gasteiger partial charge in [-0.3, -0.25) is 0 Å². The zero-order chi connectivity index (χ0) is 4.57. The van der Waals surface area contributed by atoms with E-state index < -0.39 is 0 Å². The van der Waals surface area contributed by atoms with Crippen molar-refractivity contribution in [2.45, 2.75) is 6.42 Å². The smallest absolute Gasteiger partial charge is 0.0180 e. The van der Waals surface area contributed by atoms with Gasteiger partial charge in [-0.25, -0.2) is 0 Å². The fourth-order valence-electron chi connectivity index (χ4n) is 0.400. The van der Waals surface area contributed by atoms with Crippen LogP contribution in [0, 0.1) is 11.3 Å². The minimum Gasteiger partial charge on any atom is -0.312 e. The van der Waals surface area contributed by atoms with Gasteiger partial charge in [-0.05, 0) is 6.42 Å². The van der Waals surface area contributed by atoms with Gasteiger partial charge >= 0.3 is 0 Å². The maximum Gasteiger partial charge on any atom is 0.0180 e. The first-order valence-corrected chi connectivity index (χ1v) is 2.03. The summed E-state index contributed by atoms with van der Waals surface area (Å²) in [5, 5.41) is 6.66. The number of nitrogens with one attached hydrogen (secondary N) is 1. The van der Waals surface area contributed by atoms with Crippen molar-refractivity contribution in [3.8, 4) is 0 Å². The van der Waals surface area contributed by atoms with Gasteiger partial charge in [-0.2, -0.15) is 0 Å². The Morgan fingerprint density at radius 3 is 2.50 bits per heavy atom. The summed E-state index contributed by atoms with van der Waals surface area (Å²) in [7, 11) is 0. The second kappa shape index (κ2) is 0.934. The van der Waals surface area contributed by atoms with Crippen molar-refractivity contribution >= 4 is 6.21 Å². The first kappa shape index (κ1) is 3.59. The summed E-state index contributed by atoms with van der Waals surface area (Å²) in [5.74, 6) is 0.449. The van der Waals surface area contributed by atoms with Gasteiger partial charge in [0, 0.05) is 12.1 Å². The number of rotatable bonds is 1. The highest BCUT2D eigenvalue weighted by atomic mass is 14.4. The van der Waals surface area contributed by atoms with Crippen LogP contribution in [0.3, 0.4) is 0 Å². The molecule has 0 saturated heterocycles. The van der Waals surface area contributed by atoms with Crippen molar-refractivity contribution in [1.82, 2.24) is 0 Å². The molecule has 1 saturated carbocycles. The summed E-state index contributed by atoms with van der Waals surface area (Å²) in [5.41, 5.74) is 1.21. The van der Waals surface area contributed by atoms with E-state index in [0.717, 1.165) is 6.42 Å². The largest absolute Gasteiger partial charge is 0.312 e. The lowest BCUT2D eigenvalue weighted by molar-refractivity contribution is 1.25. The van der Waals surface area contributed by atoms with E-state index in [0.29, 0.717) is 5.92 Å². The molecular weight excluding hydrogens is 74.1 g/mol. The van der Waals surface area contributed by atoms with Crippen molar-refractivity contribution in [1.29, 1.82) is 5.41 Å².